The monoisotopic (exact) mass is 467 g/mol. The van der Waals surface area contributed by atoms with Crippen LogP contribution >= 0.6 is 0 Å². The summed E-state index contributed by atoms with van der Waals surface area (Å²) < 4.78 is 16.5. The topological polar surface area (TPSA) is 74.1 Å². The molecule has 1 fully saturated rings. The van der Waals surface area contributed by atoms with Crippen molar-refractivity contribution in [2.45, 2.75) is 63.9 Å². The fourth-order valence-corrected chi connectivity index (χ4v) is 3.69. The van der Waals surface area contributed by atoms with Crippen LogP contribution in [0.5, 0.6) is 5.75 Å². The van der Waals surface area contributed by atoms with Crippen LogP contribution in [0.2, 0.25) is 0 Å². The molecule has 0 aromatic heterocycles. The molecule has 1 saturated heterocycles. The first-order chi connectivity index (χ1) is 16.7. The number of unbranched alkanes of at least 4 members (excludes halogenated alkanes) is 8. The lowest BCUT2D eigenvalue weighted by Gasteiger charge is -2.07. The molecule has 0 spiro atoms. The lowest BCUT2D eigenvalue weighted by molar-refractivity contribution is -0.384. The molecule has 0 radical (unpaired) electrons. The van der Waals surface area contributed by atoms with Crippen LogP contribution in [0, 0.1) is 10.1 Å². The third-order valence-electron chi connectivity index (χ3n) is 5.86. The van der Waals surface area contributed by atoms with E-state index < -0.39 is 0 Å². The number of benzene rings is 2. The van der Waals surface area contributed by atoms with Crippen molar-refractivity contribution in [2.24, 2.45) is 0 Å². The maximum atomic E-state index is 10.7. The van der Waals surface area contributed by atoms with Gasteiger partial charge >= 0.3 is 0 Å². The van der Waals surface area contributed by atoms with Crippen molar-refractivity contribution in [3.8, 4) is 5.75 Å². The minimum absolute atomic E-state index is 0.103. The van der Waals surface area contributed by atoms with Crippen molar-refractivity contribution in [3.05, 3.63) is 69.8 Å². The van der Waals surface area contributed by atoms with Crippen LogP contribution in [0.4, 0.5) is 5.69 Å². The van der Waals surface area contributed by atoms with Crippen molar-refractivity contribution in [3.63, 3.8) is 0 Å². The molecule has 34 heavy (non-hydrogen) atoms. The molecule has 0 saturated carbocycles. The first kappa shape index (κ1) is 25.9. The summed E-state index contributed by atoms with van der Waals surface area (Å²) in [6.07, 6.45) is 15.6. The Balaban J connectivity index is 1.16. The summed E-state index contributed by atoms with van der Waals surface area (Å²) in [5, 5.41) is 10.7. The minimum atomic E-state index is -0.389. The number of nitrogens with zero attached hydrogens (tertiary/aromatic N) is 1. The van der Waals surface area contributed by atoms with E-state index in [2.05, 4.69) is 0 Å². The molecule has 0 aliphatic carbocycles. The number of nitro groups is 1. The van der Waals surface area contributed by atoms with Gasteiger partial charge in [0.15, 0.2) is 0 Å². The van der Waals surface area contributed by atoms with Crippen LogP contribution in [0.25, 0.3) is 12.2 Å². The molecule has 2 aromatic rings. The Hall–Kier alpha value is -2.70. The van der Waals surface area contributed by atoms with Gasteiger partial charge in [-0.2, -0.15) is 0 Å². The van der Waals surface area contributed by atoms with Gasteiger partial charge in [0.2, 0.25) is 0 Å². The maximum absolute atomic E-state index is 10.7. The second-order valence-corrected chi connectivity index (χ2v) is 8.81. The van der Waals surface area contributed by atoms with Gasteiger partial charge in [0.05, 0.1) is 24.7 Å². The van der Waals surface area contributed by atoms with E-state index in [0.717, 1.165) is 49.7 Å². The molecular formula is C28H37NO5. The summed E-state index contributed by atoms with van der Waals surface area (Å²) in [5.74, 6) is 0.890. The molecule has 2 aromatic carbocycles. The number of ether oxygens (including phenoxy) is 3. The van der Waals surface area contributed by atoms with Gasteiger partial charge < -0.3 is 14.2 Å². The smallest absolute Gasteiger partial charge is 0.269 e. The summed E-state index contributed by atoms with van der Waals surface area (Å²) in [7, 11) is 0. The van der Waals surface area contributed by atoms with E-state index in [-0.39, 0.29) is 10.6 Å². The lowest BCUT2D eigenvalue weighted by atomic mass is 10.1. The van der Waals surface area contributed by atoms with Crippen molar-refractivity contribution in [2.75, 3.05) is 26.4 Å². The van der Waals surface area contributed by atoms with E-state index in [0.29, 0.717) is 6.10 Å². The third-order valence-corrected chi connectivity index (χ3v) is 5.86. The van der Waals surface area contributed by atoms with E-state index in [4.69, 9.17) is 14.2 Å². The van der Waals surface area contributed by atoms with Gasteiger partial charge in [-0.15, -0.1) is 0 Å². The number of non-ortho nitro benzene ring substituents is 1. The molecule has 6 nitrogen and oxygen atoms in total. The molecule has 0 amide bonds. The van der Waals surface area contributed by atoms with Gasteiger partial charge in [0.1, 0.15) is 11.9 Å². The molecule has 1 heterocycles. The normalized spacial score (nSPS) is 15.0. The molecule has 1 aliphatic rings. The molecule has 1 aliphatic heterocycles. The Kier molecular flexibility index (Phi) is 11.6. The molecule has 1 atom stereocenters. The molecule has 6 heteroatoms. The zero-order valence-corrected chi connectivity index (χ0v) is 20.0. The van der Waals surface area contributed by atoms with Crippen molar-refractivity contribution in [1.82, 2.24) is 0 Å². The van der Waals surface area contributed by atoms with Crippen LogP contribution in [0.1, 0.15) is 68.9 Å². The first-order valence-electron chi connectivity index (χ1n) is 12.6. The summed E-state index contributed by atoms with van der Waals surface area (Å²) in [4.78, 5) is 10.3. The van der Waals surface area contributed by atoms with Crippen LogP contribution < -0.4 is 4.74 Å². The molecule has 3 rings (SSSR count). The Morgan fingerprint density at radius 3 is 1.82 bits per heavy atom. The van der Waals surface area contributed by atoms with Gasteiger partial charge in [-0.3, -0.25) is 10.1 Å². The van der Waals surface area contributed by atoms with Crippen LogP contribution in [-0.4, -0.2) is 37.5 Å². The van der Waals surface area contributed by atoms with E-state index >= 15 is 0 Å². The van der Waals surface area contributed by atoms with Crippen LogP contribution in [0.3, 0.4) is 0 Å². The quantitative estimate of drug-likeness (QED) is 0.0770. The number of rotatable bonds is 18. The highest BCUT2D eigenvalue weighted by atomic mass is 16.6. The van der Waals surface area contributed by atoms with Gasteiger partial charge in [0.25, 0.3) is 5.69 Å². The van der Waals surface area contributed by atoms with Crippen molar-refractivity contribution >= 4 is 17.8 Å². The highest BCUT2D eigenvalue weighted by Crippen LogP contribution is 2.17. The second-order valence-electron chi connectivity index (χ2n) is 8.81. The Morgan fingerprint density at radius 2 is 1.29 bits per heavy atom. The standard InChI is InChI=1S/C28H37NO5/c30-29(31)26-16-12-24(13-17-26)10-11-25-14-18-27(19-15-25)33-21-9-7-5-3-1-2-4-6-8-20-32-22-28-23-34-28/h10-19,28H,1-9,20-23H2/b11-10+. The number of hydrogen-bond donors (Lipinski definition) is 0. The zero-order valence-electron chi connectivity index (χ0n) is 20.0. The van der Waals surface area contributed by atoms with E-state index in [1.54, 1.807) is 12.1 Å². The highest BCUT2D eigenvalue weighted by molar-refractivity contribution is 5.70. The second kappa shape index (κ2) is 15.3. The van der Waals surface area contributed by atoms with Crippen molar-refractivity contribution < 1.29 is 19.1 Å². The molecule has 184 valence electrons. The van der Waals surface area contributed by atoms with E-state index in [9.17, 15) is 10.1 Å². The SMILES string of the molecule is O=[N+]([O-])c1ccc(/C=C/c2ccc(OCCCCCCCCCCCOCC3CO3)cc2)cc1. The molecular weight excluding hydrogens is 430 g/mol. The first-order valence-corrected chi connectivity index (χ1v) is 12.6. The summed E-state index contributed by atoms with van der Waals surface area (Å²) in [5.41, 5.74) is 2.09. The van der Waals surface area contributed by atoms with Crippen molar-refractivity contribution in [1.29, 1.82) is 0 Å². The largest absolute Gasteiger partial charge is 0.494 e. The molecule has 0 bridgehead atoms. The zero-order chi connectivity index (χ0) is 23.8. The average molecular weight is 468 g/mol. The van der Waals surface area contributed by atoms with E-state index in [1.165, 1.54) is 63.5 Å². The summed E-state index contributed by atoms with van der Waals surface area (Å²) in [6.45, 7) is 3.29. The third kappa shape index (κ3) is 10.9. The Labute approximate surface area is 203 Å². The average Bonchev–Trinajstić information content (AvgIpc) is 3.68. The van der Waals surface area contributed by atoms with Gasteiger partial charge in [-0.05, 0) is 48.2 Å². The molecule has 0 N–H and O–H groups in total. The molecule has 1 unspecified atom stereocenters. The number of nitro benzene ring substituents is 1. The minimum Gasteiger partial charge on any atom is -0.494 e. The number of epoxide rings is 1. The van der Waals surface area contributed by atoms with E-state index in [1.807, 2.05) is 36.4 Å². The number of hydrogen-bond acceptors (Lipinski definition) is 5. The highest BCUT2D eigenvalue weighted by Gasteiger charge is 2.21. The van der Waals surface area contributed by atoms with Crippen LogP contribution in [0.15, 0.2) is 48.5 Å². The van der Waals surface area contributed by atoms with Gasteiger partial charge in [0, 0.05) is 18.7 Å². The Bertz CT molecular complexity index is 859. The lowest BCUT2D eigenvalue weighted by Crippen LogP contribution is -2.02. The summed E-state index contributed by atoms with van der Waals surface area (Å²) >= 11 is 0. The van der Waals surface area contributed by atoms with Crippen LogP contribution in [-0.2, 0) is 9.47 Å². The fraction of sp³-hybridized carbons (Fsp3) is 0.500. The predicted octanol–water partition coefficient (Wildman–Crippen LogP) is 7.07. The van der Waals surface area contributed by atoms with Gasteiger partial charge in [-0.1, -0.05) is 69.2 Å². The maximum Gasteiger partial charge on any atom is 0.269 e. The Morgan fingerprint density at radius 1 is 0.794 bits per heavy atom. The van der Waals surface area contributed by atoms with Gasteiger partial charge in [-0.25, -0.2) is 0 Å². The predicted molar refractivity (Wildman–Crippen MR) is 136 cm³/mol. The summed E-state index contributed by atoms with van der Waals surface area (Å²) in [6, 6.07) is 14.5. The fourth-order valence-electron chi connectivity index (χ4n) is 3.69.